The molecule has 0 saturated carbocycles. The van der Waals surface area contributed by atoms with Gasteiger partial charge in [0.15, 0.2) is 0 Å². The molecule has 4 nitrogen and oxygen atoms in total. The molecule has 0 bridgehead atoms. The molecule has 1 rings (SSSR count). The minimum Gasteiger partial charge on any atom is -0.343 e. The Bertz CT molecular complexity index is 188. The third-order valence-corrected chi connectivity index (χ3v) is 2.99. The van der Waals surface area contributed by atoms with E-state index in [1.807, 2.05) is 11.9 Å². The lowest BCUT2D eigenvalue weighted by atomic mass is 10.0. The molecule has 82 valence electrons. The van der Waals surface area contributed by atoms with E-state index in [4.69, 9.17) is 5.73 Å². The first kappa shape index (κ1) is 11.5. The summed E-state index contributed by atoms with van der Waals surface area (Å²) >= 11 is 0. The summed E-state index contributed by atoms with van der Waals surface area (Å²) in [5.74, 6) is 0.182. The largest absolute Gasteiger partial charge is 0.343 e. The maximum atomic E-state index is 11.6. The monoisotopic (exact) mass is 199 g/mol. The van der Waals surface area contributed by atoms with Gasteiger partial charge in [-0.3, -0.25) is 4.79 Å². The molecular weight excluding hydrogens is 178 g/mol. The maximum Gasteiger partial charge on any atom is 0.223 e. The number of nitrogens with zero attached hydrogens (tertiary/aromatic N) is 2. The van der Waals surface area contributed by atoms with E-state index < -0.39 is 0 Å². The zero-order valence-corrected chi connectivity index (χ0v) is 9.20. The lowest BCUT2D eigenvalue weighted by molar-refractivity contribution is -0.132. The fraction of sp³-hybridized carbons (Fsp3) is 0.900. The molecule has 0 unspecified atom stereocenters. The van der Waals surface area contributed by atoms with E-state index in [0.717, 1.165) is 25.9 Å². The standard InChI is InChI=1S/C10H21N3O/c1-12-7-4-9(5-8-12)13(2)10(14)3-6-11/h9H,3-8,11H2,1-2H3. The van der Waals surface area contributed by atoms with E-state index in [2.05, 4.69) is 11.9 Å². The molecule has 2 N–H and O–H groups in total. The van der Waals surface area contributed by atoms with E-state index in [9.17, 15) is 4.79 Å². The van der Waals surface area contributed by atoms with Crippen LogP contribution in [0.4, 0.5) is 0 Å². The Morgan fingerprint density at radius 2 is 2.07 bits per heavy atom. The van der Waals surface area contributed by atoms with Crippen LogP contribution in [0, 0.1) is 0 Å². The van der Waals surface area contributed by atoms with Crippen molar-refractivity contribution >= 4 is 5.91 Å². The number of rotatable bonds is 3. The first-order valence-electron chi connectivity index (χ1n) is 5.29. The predicted octanol–water partition coefficient (Wildman–Crippen LogP) is -0.112. The van der Waals surface area contributed by atoms with E-state index in [0.29, 0.717) is 19.0 Å². The number of hydrogen-bond acceptors (Lipinski definition) is 3. The van der Waals surface area contributed by atoms with Gasteiger partial charge in [-0.15, -0.1) is 0 Å². The van der Waals surface area contributed by atoms with Gasteiger partial charge in [-0.25, -0.2) is 0 Å². The van der Waals surface area contributed by atoms with E-state index in [1.54, 1.807) is 0 Å². The Hall–Kier alpha value is -0.610. The summed E-state index contributed by atoms with van der Waals surface area (Å²) in [6.45, 7) is 2.63. The second kappa shape index (κ2) is 5.32. The summed E-state index contributed by atoms with van der Waals surface area (Å²) < 4.78 is 0. The molecule has 1 fully saturated rings. The van der Waals surface area contributed by atoms with Crippen LogP contribution in [-0.2, 0) is 4.79 Å². The highest BCUT2D eigenvalue weighted by Gasteiger charge is 2.23. The minimum absolute atomic E-state index is 0.182. The molecule has 0 aromatic carbocycles. The quantitative estimate of drug-likeness (QED) is 0.690. The van der Waals surface area contributed by atoms with Crippen molar-refractivity contribution in [3.8, 4) is 0 Å². The van der Waals surface area contributed by atoms with Crippen LogP contribution in [0.15, 0.2) is 0 Å². The lowest BCUT2D eigenvalue weighted by Crippen LogP contribution is -2.44. The average molecular weight is 199 g/mol. The smallest absolute Gasteiger partial charge is 0.223 e. The number of likely N-dealkylation sites (tertiary alicyclic amines) is 1. The normalized spacial score (nSPS) is 19.6. The first-order valence-corrected chi connectivity index (χ1v) is 5.29. The third-order valence-electron chi connectivity index (χ3n) is 2.99. The first-order chi connectivity index (χ1) is 6.65. The van der Waals surface area contributed by atoms with Crippen molar-refractivity contribution in [3.63, 3.8) is 0 Å². The summed E-state index contributed by atoms with van der Waals surface area (Å²) in [6, 6.07) is 0.422. The number of carbonyl (C=O) groups is 1. The second-order valence-corrected chi connectivity index (χ2v) is 4.08. The van der Waals surface area contributed by atoms with Crippen LogP contribution in [0.3, 0.4) is 0 Å². The molecule has 0 aromatic rings. The predicted molar refractivity (Wildman–Crippen MR) is 57.0 cm³/mol. The molecule has 0 atom stereocenters. The van der Waals surface area contributed by atoms with Crippen molar-refractivity contribution in [2.24, 2.45) is 5.73 Å². The molecule has 4 heteroatoms. The van der Waals surface area contributed by atoms with Gasteiger partial charge in [-0.2, -0.15) is 0 Å². The highest BCUT2D eigenvalue weighted by Crippen LogP contribution is 2.14. The SMILES string of the molecule is CN1CCC(N(C)C(=O)CCN)CC1. The van der Waals surface area contributed by atoms with E-state index in [-0.39, 0.29) is 5.91 Å². The van der Waals surface area contributed by atoms with Crippen molar-refractivity contribution in [3.05, 3.63) is 0 Å². The Morgan fingerprint density at radius 1 is 1.50 bits per heavy atom. The van der Waals surface area contributed by atoms with Crippen molar-refractivity contribution in [2.45, 2.75) is 25.3 Å². The van der Waals surface area contributed by atoms with Crippen LogP contribution in [0.2, 0.25) is 0 Å². The van der Waals surface area contributed by atoms with Gasteiger partial charge in [0, 0.05) is 26.1 Å². The number of piperidine rings is 1. The molecule has 1 aliphatic rings. The van der Waals surface area contributed by atoms with Crippen molar-refractivity contribution < 1.29 is 4.79 Å². The van der Waals surface area contributed by atoms with Crippen molar-refractivity contribution in [1.82, 2.24) is 9.80 Å². The fourth-order valence-electron chi connectivity index (χ4n) is 1.89. The van der Waals surface area contributed by atoms with Gasteiger partial charge in [-0.1, -0.05) is 0 Å². The molecule has 14 heavy (non-hydrogen) atoms. The number of nitrogens with two attached hydrogens (primary N) is 1. The molecule has 1 heterocycles. The van der Waals surface area contributed by atoms with Crippen LogP contribution >= 0.6 is 0 Å². The van der Waals surface area contributed by atoms with Crippen molar-refractivity contribution in [1.29, 1.82) is 0 Å². The Labute approximate surface area is 86.0 Å². The fourth-order valence-corrected chi connectivity index (χ4v) is 1.89. The van der Waals surface area contributed by atoms with Crippen LogP contribution in [0.25, 0.3) is 0 Å². The van der Waals surface area contributed by atoms with Crippen LogP contribution < -0.4 is 5.73 Å². The highest BCUT2D eigenvalue weighted by atomic mass is 16.2. The minimum atomic E-state index is 0.182. The van der Waals surface area contributed by atoms with Crippen LogP contribution in [0.1, 0.15) is 19.3 Å². The van der Waals surface area contributed by atoms with Gasteiger partial charge in [0.2, 0.25) is 5.91 Å². The van der Waals surface area contributed by atoms with Gasteiger partial charge in [0.1, 0.15) is 0 Å². The van der Waals surface area contributed by atoms with Crippen molar-refractivity contribution in [2.75, 3.05) is 33.7 Å². The molecule has 0 aliphatic carbocycles. The number of amides is 1. The number of carbonyl (C=O) groups excluding carboxylic acids is 1. The van der Waals surface area contributed by atoms with Gasteiger partial charge in [0.05, 0.1) is 0 Å². The van der Waals surface area contributed by atoms with Gasteiger partial charge in [-0.05, 0) is 33.0 Å². The molecule has 1 amide bonds. The summed E-state index contributed by atoms with van der Waals surface area (Å²) in [5, 5.41) is 0. The Balaban J connectivity index is 2.37. The van der Waals surface area contributed by atoms with E-state index in [1.165, 1.54) is 0 Å². The lowest BCUT2D eigenvalue weighted by Gasteiger charge is -2.35. The topological polar surface area (TPSA) is 49.6 Å². The zero-order valence-electron chi connectivity index (χ0n) is 9.20. The molecular formula is C10H21N3O. The Morgan fingerprint density at radius 3 is 2.57 bits per heavy atom. The summed E-state index contributed by atoms with van der Waals surface area (Å²) in [6.07, 6.45) is 2.65. The average Bonchev–Trinajstić information content (AvgIpc) is 2.18. The number of hydrogen-bond donors (Lipinski definition) is 1. The van der Waals surface area contributed by atoms with Gasteiger partial charge in [0.25, 0.3) is 0 Å². The molecule has 1 aliphatic heterocycles. The maximum absolute atomic E-state index is 11.6. The molecule has 0 spiro atoms. The molecule has 0 aromatic heterocycles. The summed E-state index contributed by atoms with van der Waals surface area (Å²) in [4.78, 5) is 15.7. The second-order valence-electron chi connectivity index (χ2n) is 4.08. The molecule has 0 radical (unpaired) electrons. The van der Waals surface area contributed by atoms with Crippen LogP contribution in [-0.4, -0.2) is 55.5 Å². The van der Waals surface area contributed by atoms with Gasteiger partial charge >= 0.3 is 0 Å². The highest BCUT2D eigenvalue weighted by molar-refractivity contribution is 5.76. The van der Waals surface area contributed by atoms with Gasteiger partial charge < -0.3 is 15.5 Å². The molecule has 1 saturated heterocycles. The summed E-state index contributed by atoms with van der Waals surface area (Å²) in [7, 11) is 4.02. The van der Waals surface area contributed by atoms with Crippen LogP contribution in [0.5, 0.6) is 0 Å². The Kier molecular flexibility index (Phi) is 4.35. The summed E-state index contributed by atoms with van der Waals surface area (Å²) in [5.41, 5.74) is 5.36. The zero-order chi connectivity index (χ0) is 10.6. The van der Waals surface area contributed by atoms with E-state index >= 15 is 0 Å². The third kappa shape index (κ3) is 2.96.